The summed E-state index contributed by atoms with van der Waals surface area (Å²) in [6.07, 6.45) is 4.14. The van der Waals surface area contributed by atoms with Crippen molar-refractivity contribution in [1.29, 1.82) is 0 Å². The predicted octanol–water partition coefficient (Wildman–Crippen LogP) is 5.05. The van der Waals surface area contributed by atoms with Gasteiger partial charge in [0.05, 0.1) is 22.3 Å². The molecule has 1 N–H and O–H groups in total. The van der Waals surface area contributed by atoms with E-state index in [1.165, 1.54) is 12.1 Å². The van der Waals surface area contributed by atoms with E-state index >= 15 is 0 Å². The molecule has 1 aliphatic heterocycles. The van der Waals surface area contributed by atoms with Crippen molar-refractivity contribution >= 4 is 34.0 Å². The summed E-state index contributed by atoms with van der Waals surface area (Å²) >= 11 is 5.79. The van der Waals surface area contributed by atoms with Crippen LogP contribution < -0.4 is 0 Å². The predicted molar refractivity (Wildman–Crippen MR) is 110 cm³/mol. The highest BCUT2D eigenvalue weighted by molar-refractivity contribution is 6.31. The van der Waals surface area contributed by atoms with Gasteiger partial charge in [-0.15, -0.1) is 0 Å². The number of benzene rings is 2. The Morgan fingerprint density at radius 1 is 1.28 bits per heavy atom. The Morgan fingerprint density at radius 3 is 2.83 bits per heavy atom. The van der Waals surface area contributed by atoms with E-state index in [1.54, 1.807) is 11.1 Å². The van der Waals surface area contributed by atoms with E-state index in [2.05, 4.69) is 16.3 Å². The fourth-order valence-electron chi connectivity index (χ4n) is 3.96. The van der Waals surface area contributed by atoms with Gasteiger partial charge in [-0.05, 0) is 55.5 Å². The third kappa shape index (κ3) is 3.53. The summed E-state index contributed by atoms with van der Waals surface area (Å²) in [5, 5.41) is 7.97. The number of carbonyl (C=O) groups excluding carboxylic acids is 1. The maximum atomic E-state index is 14.3. The molecule has 0 bridgehead atoms. The van der Waals surface area contributed by atoms with Crippen LogP contribution in [0.1, 0.15) is 30.0 Å². The summed E-state index contributed by atoms with van der Waals surface area (Å²) in [5.41, 5.74) is 3.36. The molecule has 1 amide bonds. The van der Waals surface area contributed by atoms with Crippen molar-refractivity contribution in [2.45, 2.75) is 32.7 Å². The first-order valence-corrected chi connectivity index (χ1v) is 9.81. The van der Waals surface area contributed by atoms with Crippen LogP contribution in [0.2, 0.25) is 5.02 Å². The van der Waals surface area contributed by atoms with Crippen molar-refractivity contribution in [2.75, 3.05) is 6.54 Å². The summed E-state index contributed by atoms with van der Waals surface area (Å²) in [4.78, 5) is 14.5. The van der Waals surface area contributed by atoms with Gasteiger partial charge in [-0.1, -0.05) is 23.7 Å². The van der Waals surface area contributed by atoms with Crippen LogP contribution in [-0.4, -0.2) is 33.6 Å². The van der Waals surface area contributed by atoms with Crippen molar-refractivity contribution < 1.29 is 13.6 Å². The number of rotatable bonds is 4. The van der Waals surface area contributed by atoms with E-state index in [0.29, 0.717) is 25.0 Å². The van der Waals surface area contributed by atoms with Gasteiger partial charge in [-0.25, -0.2) is 8.78 Å². The summed E-state index contributed by atoms with van der Waals surface area (Å²) in [6, 6.07) is 6.29. The Balaban J connectivity index is 1.56. The van der Waals surface area contributed by atoms with Crippen LogP contribution in [0.5, 0.6) is 0 Å². The van der Waals surface area contributed by atoms with Crippen LogP contribution in [0.25, 0.3) is 16.5 Å². The summed E-state index contributed by atoms with van der Waals surface area (Å²) < 4.78 is 28.5. The zero-order valence-electron chi connectivity index (χ0n) is 16.1. The fraction of sp³-hybridized carbons (Fsp3) is 0.273. The van der Waals surface area contributed by atoms with Gasteiger partial charge in [0.25, 0.3) is 0 Å². The summed E-state index contributed by atoms with van der Waals surface area (Å²) in [5.74, 6) is -1.79. The Bertz CT molecular complexity index is 1140. The molecule has 3 aromatic rings. The van der Waals surface area contributed by atoms with Crippen LogP contribution in [0.15, 0.2) is 36.5 Å². The number of halogens is 3. The number of aromatic nitrogens is 2. The second-order valence-electron chi connectivity index (χ2n) is 7.41. The van der Waals surface area contributed by atoms with Crippen molar-refractivity contribution in [1.82, 2.24) is 15.1 Å². The highest BCUT2D eigenvalue weighted by Gasteiger charge is 2.27. The lowest BCUT2D eigenvalue weighted by Gasteiger charge is -2.32. The number of carbonyl (C=O) groups is 1. The van der Waals surface area contributed by atoms with Crippen LogP contribution in [0, 0.1) is 18.6 Å². The smallest absolute Gasteiger partial charge is 0.247 e. The zero-order chi connectivity index (χ0) is 20.7. The third-order valence-electron chi connectivity index (χ3n) is 5.60. The SMILES string of the molecule is Cc1c(CC(C)N2CCC(c3c(F)ccc(Cl)c3F)=CC2=O)ccc2cn[nH]c12. The molecular weight excluding hydrogens is 396 g/mol. The van der Waals surface area contributed by atoms with E-state index in [4.69, 9.17) is 11.6 Å². The Morgan fingerprint density at radius 2 is 2.07 bits per heavy atom. The van der Waals surface area contributed by atoms with E-state index < -0.39 is 11.6 Å². The molecule has 1 aliphatic rings. The number of aryl methyl sites for hydroxylation is 1. The molecule has 0 saturated heterocycles. The van der Waals surface area contributed by atoms with E-state index in [0.717, 1.165) is 28.1 Å². The number of amides is 1. The zero-order valence-corrected chi connectivity index (χ0v) is 16.9. The molecule has 7 heteroatoms. The molecule has 4 rings (SSSR count). The minimum atomic E-state index is -0.823. The monoisotopic (exact) mass is 415 g/mol. The molecular formula is C22H20ClF2N3O. The van der Waals surface area contributed by atoms with Gasteiger partial charge in [0, 0.05) is 24.0 Å². The highest BCUT2D eigenvalue weighted by Crippen LogP contribution is 2.32. The molecule has 150 valence electrons. The molecule has 0 saturated carbocycles. The number of fused-ring (bicyclic) bond motifs is 1. The molecule has 0 aliphatic carbocycles. The molecule has 1 aromatic heterocycles. The highest BCUT2D eigenvalue weighted by atomic mass is 35.5. The third-order valence-corrected chi connectivity index (χ3v) is 5.90. The second-order valence-corrected chi connectivity index (χ2v) is 7.81. The number of nitrogens with zero attached hydrogens (tertiary/aromatic N) is 2. The Hall–Kier alpha value is -2.73. The molecule has 4 nitrogen and oxygen atoms in total. The second kappa shape index (κ2) is 7.59. The Kier molecular flexibility index (Phi) is 5.13. The first-order valence-electron chi connectivity index (χ1n) is 9.43. The largest absolute Gasteiger partial charge is 0.336 e. The molecule has 29 heavy (non-hydrogen) atoms. The maximum Gasteiger partial charge on any atom is 0.247 e. The normalized spacial score (nSPS) is 15.7. The average Bonchev–Trinajstić information content (AvgIpc) is 3.17. The standard InChI is InChI=1S/C22H20ClF2N3O/c1-12(9-14-3-4-16-11-26-27-22(16)13(14)2)28-8-7-15(10-19(28)29)20-18(24)6-5-17(23)21(20)25/h3-6,10-12H,7-9H2,1-2H3,(H,26,27). The topological polar surface area (TPSA) is 49.0 Å². The minimum absolute atomic E-state index is 0.0616. The number of hydrogen-bond donors (Lipinski definition) is 1. The number of hydrogen-bond acceptors (Lipinski definition) is 2. The van der Waals surface area contributed by atoms with Crippen LogP contribution in [0.4, 0.5) is 8.78 Å². The number of nitrogens with one attached hydrogen (secondary N) is 1. The van der Waals surface area contributed by atoms with Gasteiger partial charge in [0.15, 0.2) is 5.82 Å². The first kappa shape index (κ1) is 19.6. The molecule has 1 atom stereocenters. The van der Waals surface area contributed by atoms with Gasteiger partial charge in [-0.3, -0.25) is 9.89 Å². The maximum absolute atomic E-state index is 14.3. The van der Waals surface area contributed by atoms with Crippen molar-refractivity contribution in [3.8, 4) is 0 Å². The molecule has 1 unspecified atom stereocenters. The summed E-state index contributed by atoms with van der Waals surface area (Å²) in [7, 11) is 0. The van der Waals surface area contributed by atoms with Gasteiger partial charge >= 0.3 is 0 Å². The summed E-state index contributed by atoms with van der Waals surface area (Å²) in [6.45, 7) is 4.40. The van der Waals surface area contributed by atoms with Crippen LogP contribution in [0.3, 0.4) is 0 Å². The van der Waals surface area contributed by atoms with Crippen LogP contribution in [-0.2, 0) is 11.2 Å². The number of aromatic amines is 1. The molecule has 0 fully saturated rings. The van der Waals surface area contributed by atoms with E-state index in [1.807, 2.05) is 19.9 Å². The molecule has 2 aromatic carbocycles. The van der Waals surface area contributed by atoms with Crippen molar-refractivity contribution in [2.24, 2.45) is 0 Å². The van der Waals surface area contributed by atoms with E-state index in [-0.39, 0.29) is 22.5 Å². The minimum Gasteiger partial charge on any atom is -0.336 e. The fourth-order valence-corrected chi connectivity index (χ4v) is 4.12. The Labute approximate surface area is 172 Å². The molecule has 0 radical (unpaired) electrons. The lowest BCUT2D eigenvalue weighted by Crippen LogP contribution is -2.42. The van der Waals surface area contributed by atoms with Gasteiger partial charge in [0.2, 0.25) is 5.91 Å². The molecule has 2 heterocycles. The average molecular weight is 416 g/mol. The van der Waals surface area contributed by atoms with Gasteiger partial charge < -0.3 is 4.90 Å². The van der Waals surface area contributed by atoms with Crippen molar-refractivity contribution in [3.05, 3.63) is 69.9 Å². The van der Waals surface area contributed by atoms with Crippen molar-refractivity contribution in [3.63, 3.8) is 0 Å². The van der Waals surface area contributed by atoms with Gasteiger partial charge in [0.1, 0.15) is 5.82 Å². The molecule has 0 spiro atoms. The van der Waals surface area contributed by atoms with Gasteiger partial charge in [-0.2, -0.15) is 5.10 Å². The van der Waals surface area contributed by atoms with E-state index in [9.17, 15) is 13.6 Å². The number of H-pyrrole nitrogens is 1. The van der Waals surface area contributed by atoms with Crippen LogP contribution >= 0.6 is 11.6 Å². The quantitative estimate of drug-likeness (QED) is 0.606. The lowest BCUT2D eigenvalue weighted by atomic mass is 9.95. The first-order chi connectivity index (χ1) is 13.9. The lowest BCUT2D eigenvalue weighted by molar-refractivity contribution is -0.128.